The molecule has 0 bridgehead atoms. The number of amides is 1. The molecule has 1 aliphatic rings. The average molecular weight is 317 g/mol. The van der Waals surface area contributed by atoms with E-state index in [2.05, 4.69) is 10.1 Å². The van der Waals surface area contributed by atoms with Gasteiger partial charge < -0.3 is 19.3 Å². The van der Waals surface area contributed by atoms with E-state index in [0.29, 0.717) is 37.4 Å². The Morgan fingerprint density at radius 2 is 2.26 bits per heavy atom. The first-order valence-corrected chi connectivity index (χ1v) is 7.61. The van der Waals surface area contributed by atoms with E-state index in [1.165, 1.54) is 0 Å². The van der Waals surface area contributed by atoms with Crippen molar-refractivity contribution in [1.29, 1.82) is 0 Å². The monoisotopic (exact) mass is 317 g/mol. The molecule has 2 aromatic heterocycles. The van der Waals surface area contributed by atoms with Gasteiger partial charge in [-0.1, -0.05) is 5.16 Å². The molecule has 2 aromatic rings. The molecule has 7 nitrogen and oxygen atoms in total. The standard InChI is InChI=1S/C16H19N3O4/c1-11-9-15(23-18-11)16(21)19-7-4-13(20)14(5-8-19)22-12-3-2-6-17-10-12/h2-3,6,9-10,13-14,20H,4-5,7-8H2,1H3/t13-,14-/m0/s1. The van der Waals surface area contributed by atoms with Crippen molar-refractivity contribution >= 4 is 5.91 Å². The van der Waals surface area contributed by atoms with Gasteiger partial charge in [-0.3, -0.25) is 9.78 Å². The van der Waals surface area contributed by atoms with Gasteiger partial charge in [0, 0.05) is 31.8 Å². The lowest BCUT2D eigenvalue weighted by Gasteiger charge is -2.21. The molecule has 122 valence electrons. The molecule has 0 saturated carbocycles. The zero-order chi connectivity index (χ0) is 16.2. The van der Waals surface area contributed by atoms with E-state index in [1.54, 1.807) is 42.4 Å². The van der Waals surface area contributed by atoms with Crippen molar-refractivity contribution in [3.63, 3.8) is 0 Å². The number of hydrogen-bond donors (Lipinski definition) is 1. The molecular weight excluding hydrogens is 298 g/mol. The largest absolute Gasteiger partial charge is 0.486 e. The van der Waals surface area contributed by atoms with E-state index in [4.69, 9.17) is 9.26 Å². The lowest BCUT2D eigenvalue weighted by molar-refractivity contribution is 0.0348. The van der Waals surface area contributed by atoms with Crippen molar-refractivity contribution in [3.05, 3.63) is 42.0 Å². The van der Waals surface area contributed by atoms with Crippen LogP contribution in [-0.2, 0) is 0 Å². The molecule has 1 aliphatic heterocycles. The summed E-state index contributed by atoms with van der Waals surface area (Å²) in [6.07, 6.45) is 3.25. The zero-order valence-corrected chi connectivity index (χ0v) is 12.9. The molecule has 0 spiro atoms. The number of likely N-dealkylation sites (tertiary alicyclic amines) is 1. The van der Waals surface area contributed by atoms with Crippen LogP contribution in [0.15, 0.2) is 35.1 Å². The molecule has 0 radical (unpaired) electrons. The van der Waals surface area contributed by atoms with Gasteiger partial charge in [0.1, 0.15) is 11.9 Å². The fourth-order valence-corrected chi connectivity index (χ4v) is 2.61. The number of aliphatic hydroxyl groups excluding tert-OH is 1. The maximum absolute atomic E-state index is 12.4. The van der Waals surface area contributed by atoms with Gasteiger partial charge in [0.05, 0.1) is 18.0 Å². The predicted molar refractivity (Wildman–Crippen MR) is 81.0 cm³/mol. The number of hydrogen-bond acceptors (Lipinski definition) is 6. The van der Waals surface area contributed by atoms with Gasteiger partial charge in [-0.15, -0.1) is 0 Å². The summed E-state index contributed by atoms with van der Waals surface area (Å²) in [6.45, 7) is 2.71. The summed E-state index contributed by atoms with van der Waals surface area (Å²) < 4.78 is 10.8. The third-order valence-electron chi connectivity index (χ3n) is 3.86. The number of pyridine rings is 1. The summed E-state index contributed by atoms with van der Waals surface area (Å²) >= 11 is 0. The minimum atomic E-state index is -0.635. The van der Waals surface area contributed by atoms with Gasteiger partial charge in [-0.05, 0) is 25.5 Å². The maximum atomic E-state index is 12.4. The normalized spacial score (nSPS) is 21.7. The molecule has 3 heterocycles. The van der Waals surface area contributed by atoms with E-state index in [1.807, 2.05) is 0 Å². The number of nitrogens with zero attached hydrogens (tertiary/aromatic N) is 3. The second-order valence-electron chi connectivity index (χ2n) is 5.61. The second-order valence-corrected chi connectivity index (χ2v) is 5.61. The third-order valence-corrected chi connectivity index (χ3v) is 3.86. The van der Waals surface area contributed by atoms with Crippen LogP contribution in [0.25, 0.3) is 0 Å². The van der Waals surface area contributed by atoms with Crippen molar-refractivity contribution in [2.45, 2.75) is 32.0 Å². The summed E-state index contributed by atoms with van der Waals surface area (Å²) in [6, 6.07) is 5.19. The summed E-state index contributed by atoms with van der Waals surface area (Å²) in [4.78, 5) is 18.1. The van der Waals surface area contributed by atoms with Crippen LogP contribution in [0.1, 0.15) is 29.1 Å². The van der Waals surface area contributed by atoms with Crippen molar-refractivity contribution in [1.82, 2.24) is 15.0 Å². The van der Waals surface area contributed by atoms with Crippen LogP contribution < -0.4 is 4.74 Å². The van der Waals surface area contributed by atoms with Crippen LogP contribution in [0.2, 0.25) is 0 Å². The third kappa shape index (κ3) is 3.68. The van der Waals surface area contributed by atoms with Crippen LogP contribution in [0, 0.1) is 6.92 Å². The maximum Gasteiger partial charge on any atom is 0.292 e. The highest BCUT2D eigenvalue weighted by Gasteiger charge is 2.30. The first kappa shape index (κ1) is 15.5. The van der Waals surface area contributed by atoms with Crippen LogP contribution in [0.4, 0.5) is 0 Å². The summed E-state index contributed by atoms with van der Waals surface area (Å²) in [5.41, 5.74) is 0.668. The molecule has 23 heavy (non-hydrogen) atoms. The van der Waals surface area contributed by atoms with Crippen LogP contribution in [0.3, 0.4) is 0 Å². The molecule has 1 fully saturated rings. The fraction of sp³-hybridized carbons (Fsp3) is 0.438. The molecule has 3 rings (SSSR count). The van der Waals surface area contributed by atoms with Crippen molar-refractivity contribution < 1.29 is 19.2 Å². The SMILES string of the molecule is Cc1cc(C(=O)N2CC[C@H](Oc3cccnc3)[C@@H](O)CC2)on1. The number of ether oxygens (including phenoxy) is 1. The number of aromatic nitrogens is 2. The Balaban J connectivity index is 1.64. The minimum absolute atomic E-state index is 0.208. The molecule has 1 N–H and O–H groups in total. The van der Waals surface area contributed by atoms with E-state index >= 15 is 0 Å². The average Bonchev–Trinajstić information content (AvgIpc) is 2.92. The smallest absolute Gasteiger partial charge is 0.292 e. The van der Waals surface area contributed by atoms with Crippen molar-refractivity contribution in [3.8, 4) is 5.75 Å². The Morgan fingerprint density at radius 1 is 1.43 bits per heavy atom. The van der Waals surface area contributed by atoms with Gasteiger partial charge in [-0.2, -0.15) is 0 Å². The zero-order valence-electron chi connectivity index (χ0n) is 12.9. The van der Waals surface area contributed by atoms with Crippen LogP contribution >= 0.6 is 0 Å². The van der Waals surface area contributed by atoms with Gasteiger partial charge in [0.2, 0.25) is 5.76 Å². The fourth-order valence-electron chi connectivity index (χ4n) is 2.61. The molecule has 0 aliphatic carbocycles. The van der Waals surface area contributed by atoms with E-state index in [-0.39, 0.29) is 17.8 Å². The van der Waals surface area contributed by atoms with E-state index in [9.17, 15) is 9.90 Å². The van der Waals surface area contributed by atoms with Gasteiger partial charge >= 0.3 is 0 Å². The number of carbonyl (C=O) groups is 1. The summed E-state index contributed by atoms with van der Waals surface area (Å²) in [5.74, 6) is 0.630. The van der Waals surface area contributed by atoms with Gasteiger partial charge in [-0.25, -0.2) is 0 Å². The highest BCUT2D eigenvalue weighted by molar-refractivity contribution is 5.91. The van der Waals surface area contributed by atoms with Crippen LogP contribution in [-0.4, -0.2) is 51.4 Å². The molecule has 1 saturated heterocycles. The summed E-state index contributed by atoms with van der Waals surface area (Å²) in [7, 11) is 0. The van der Waals surface area contributed by atoms with Crippen molar-refractivity contribution in [2.24, 2.45) is 0 Å². The Labute approximate surface area is 133 Å². The topological polar surface area (TPSA) is 88.7 Å². The molecule has 0 unspecified atom stereocenters. The lowest BCUT2D eigenvalue weighted by atomic mass is 10.1. The highest BCUT2D eigenvalue weighted by atomic mass is 16.5. The molecule has 2 atom stereocenters. The second kappa shape index (κ2) is 6.78. The van der Waals surface area contributed by atoms with E-state index in [0.717, 1.165) is 0 Å². The van der Waals surface area contributed by atoms with Crippen LogP contribution in [0.5, 0.6) is 5.75 Å². The highest BCUT2D eigenvalue weighted by Crippen LogP contribution is 2.20. The minimum Gasteiger partial charge on any atom is -0.486 e. The van der Waals surface area contributed by atoms with Crippen molar-refractivity contribution in [2.75, 3.05) is 13.1 Å². The molecule has 7 heteroatoms. The number of rotatable bonds is 3. The quantitative estimate of drug-likeness (QED) is 0.921. The lowest BCUT2D eigenvalue weighted by Crippen LogP contribution is -2.32. The van der Waals surface area contributed by atoms with Gasteiger partial charge in [0.15, 0.2) is 0 Å². The number of aryl methyl sites for hydroxylation is 1. The summed E-state index contributed by atoms with van der Waals surface area (Å²) in [5, 5.41) is 14.0. The molecular formula is C16H19N3O4. The predicted octanol–water partition coefficient (Wildman–Crippen LogP) is 1.42. The Bertz CT molecular complexity index is 658. The Morgan fingerprint density at radius 3 is 2.96 bits per heavy atom. The Kier molecular flexibility index (Phi) is 4.57. The molecule has 0 aromatic carbocycles. The molecule has 1 amide bonds. The first-order chi connectivity index (χ1) is 11.1. The number of aliphatic hydroxyl groups is 1. The van der Waals surface area contributed by atoms with Gasteiger partial charge in [0.25, 0.3) is 5.91 Å². The first-order valence-electron chi connectivity index (χ1n) is 7.61. The Hall–Kier alpha value is -2.41. The van der Waals surface area contributed by atoms with E-state index < -0.39 is 6.10 Å². The number of carbonyl (C=O) groups excluding carboxylic acids is 1.